The number of methoxy groups -OCH3 is 1. The molecule has 1 N–H and O–H groups in total. The summed E-state index contributed by atoms with van der Waals surface area (Å²) >= 11 is 0. The molecule has 2 atom stereocenters. The van der Waals surface area contributed by atoms with Gasteiger partial charge in [0.1, 0.15) is 5.75 Å². The van der Waals surface area contributed by atoms with Gasteiger partial charge < -0.3 is 9.84 Å². The van der Waals surface area contributed by atoms with Crippen molar-refractivity contribution in [1.82, 2.24) is 0 Å². The highest BCUT2D eigenvalue weighted by Crippen LogP contribution is 2.48. The average molecular weight is 328 g/mol. The van der Waals surface area contributed by atoms with Crippen LogP contribution in [0.2, 0.25) is 0 Å². The SMILES string of the molecule is C=CCC1=C(C)[C@@H](O)C[C@@H](Cc2c(C)cc(OC)cc2C)C1(C)C. The molecule has 2 rings (SSSR count). The van der Waals surface area contributed by atoms with Crippen molar-refractivity contribution in [2.45, 2.75) is 60.0 Å². The number of hydrogen-bond acceptors (Lipinski definition) is 2. The van der Waals surface area contributed by atoms with Crippen LogP contribution in [-0.4, -0.2) is 18.3 Å². The van der Waals surface area contributed by atoms with Gasteiger partial charge in [-0.05, 0) is 85.8 Å². The number of benzene rings is 1. The second-order valence-electron chi connectivity index (χ2n) is 7.77. The quantitative estimate of drug-likeness (QED) is 0.757. The van der Waals surface area contributed by atoms with Crippen molar-refractivity contribution in [2.24, 2.45) is 11.3 Å². The molecule has 0 fully saturated rings. The predicted octanol–water partition coefficient (Wildman–Crippen LogP) is 5.15. The average Bonchev–Trinajstić information content (AvgIpc) is 2.52. The number of aryl methyl sites for hydroxylation is 2. The molecule has 0 amide bonds. The molecule has 0 radical (unpaired) electrons. The molecule has 0 unspecified atom stereocenters. The topological polar surface area (TPSA) is 29.5 Å². The molecule has 0 heterocycles. The molecule has 1 aliphatic carbocycles. The first-order valence-electron chi connectivity index (χ1n) is 8.85. The van der Waals surface area contributed by atoms with Gasteiger partial charge in [-0.2, -0.15) is 0 Å². The Morgan fingerprint density at radius 1 is 1.25 bits per heavy atom. The fourth-order valence-electron chi connectivity index (χ4n) is 4.24. The lowest BCUT2D eigenvalue weighted by molar-refractivity contribution is 0.107. The van der Waals surface area contributed by atoms with Crippen LogP contribution in [0.4, 0.5) is 0 Å². The molecular formula is C22H32O2. The van der Waals surface area contributed by atoms with Crippen molar-refractivity contribution in [2.75, 3.05) is 7.11 Å². The van der Waals surface area contributed by atoms with E-state index >= 15 is 0 Å². The van der Waals surface area contributed by atoms with Gasteiger partial charge >= 0.3 is 0 Å². The third kappa shape index (κ3) is 3.44. The van der Waals surface area contributed by atoms with Gasteiger partial charge in [0.05, 0.1) is 13.2 Å². The Bertz CT molecular complexity index is 629. The number of ether oxygens (including phenoxy) is 1. The number of rotatable bonds is 5. The van der Waals surface area contributed by atoms with Crippen LogP contribution in [0.3, 0.4) is 0 Å². The molecule has 132 valence electrons. The molecule has 2 heteroatoms. The van der Waals surface area contributed by atoms with E-state index in [9.17, 15) is 5.11 Å². The summed E-state index contributed by atoms with van der Waals surface area (Å²) in [7, 11) is 1.71. The summed E-state index contributed by atoms with van der Waals surface area (Å²) in [6.07, 6.45) is 4.29. The summed E-state index contributed by atoms with van der Waals surface area (Å²) in [5.74, 6) is 1.33. The lowest BCUT2D eigenvalue weighted by Crippen LogP contribution is -2.38. The Morgan fingerprint density at radius 2 is 1.83 bits per heavy atom. The van der Waals surface area contributed by atoms with Gasteiger partial charge in [0, 0.05) is 0 Å². The number of hydrogen-bond donors (Lipinski definition) is 1. The van der Waals surface area contributed by atoms with Crippen LogP contribution in [-0.2, 0) is 6.42 Å². The van der Waals surface area contributed by atoms with Crippen LogP contribution in [0.25, 0.3) is 0 Å². The molecule has 0 aliphatic heterocycles. The molecule has 2 nitrogen and oxygen atoms in total. The lowest BCUT2D eigenvalue weighted by atomic mass is 9.62. The van der Waals surface area contributed by atoms with Crippen molar-refractivity contribution in [1.29, 1.82) is 0 Å². The third-order valence-electron chi connectivity index (χ3n) is 5.99. The number of aliphatic hydroxyl groups is 1. The standard InChI is InChI=1S/C22H32O2/c1-8-9-20-16(4)21(23)13-17(22(20,5)6)12-19-14(2)10-18(24-7)11-15(19)3/h8,10-11,17,21,23H,1,9,12-13H2,2-7H3/t17-,21+/m1/s1. The fraction of sp³-hybridized carbons (Fsp3) is 0.545. The largest absolute Gasteiger partial charge is 0.497 e. The first kappa shape index (κ1) is 18.8. The minimum Gasteiger partial charge on any atom is -0.497 e. The highest BCUT2D eigenvalue weighted by molar-refractivity contribution is 5.42. The van der Waals surface area contributed by atoms with E-state index in [1.165, 1.54) is 22.3 Å². The second kappa shape index (κ2) is 7.14. The summed E-state index contributed by atoms with van der Waals surface area (Å²) in [4.78, 5) is 0. The highest BCUT2D eigenvalue weighted by atomic mass is 16.5. The first-order valence-corrected chi connectivity index (χ1v) is 8.85. The van der Waals surface area contributed by atoms with Crippen molar-refractivity contribution < 1.29 is 9.84 Å². The van der Waals surface area contributed by atoms with Gasteiger partial charge in [0.15, 0.2) is 0 Å². The molecule has 1 aromatic carbocycles. The zero-order valence-electron chi connectivity index (χ0n) is 16.1. The van der Waals surface area contributed by atoms with Crippen LogP contribution in [0.15, 0.2) is 35.9 Å². The van der Waals surface area contributed by atoms with Gasteiger partial charge in [-0.1, -0.05) is 25.5 Å². The minimum atomic E-state index is -0.336. The van der Waals surface area contributed by atoms with Gasteiger partial charge in [0.25, 0.3) is 0 Å². The zero-order valence-corrected chi connectivity index (χ0v) is 16.1. The van der Waals surface area contributed by atoms with Crippen molar-refractivity contribution in [3.8, 4) is 5.75 Å². The maximum absolute atomic E-state index is 10.6. The first-order chi connectivity index (χ1) is 11.2. The summed E-state index contributed by atoms with van der Waals surface area (Å²) < 4.78 is 5.38. The van der Waals surface area contributed by atoms with E-state index in [-0.39, 0.29) is 11.5 Å². The maximum Gasteiger partial charge on any atom is 0.119 e. The van der Waals surface area contributed by atoms with Gasteiger partial charge in [-0.25, -0.2) is 0 Å². The third-order valence-corrected chi connectivity index (χ3v) is 5.99. The monoisotopic (exact) mass is 328 g/mol. The second-order valence-corrected chi connectivity index (χ2v) is 7.77. The van der Waals surface area contributed by atoms with Crippen molar-refractivity contribution in [3.63, 3.8) is 0 Å². The fourth-order valence-corrected chi connectivity index (χ4v) is 4.24. The Labute approximate surface area is 147 Å². The van der Waals surface area contributed by atoms with Crippen LogP contribution < -0.4 is 4.74 Å². The zero-order chi connectivity index (χ0) is 18.1. The van der Waals surface area contributed by atoms with Gasteiger partial charge in [-0.3, -0.25) is 0 Å². The molecule has 1 aromatic rings. The van der Waals surface area contributed by atoms with Crippen molar-refractivity contribution >= 4 is 0 Å². The van der Waals surface area contributed by atoms with E-state index in [4.69, 9.17) is 4.74 Å². The van der Waals surface area contributed by atoms with E-state index in [1.54, 1.807) is 7.11 Å². The van der Waals surface area contributed by atoms with E-state index in [1.807, 2.05) is 6.08 Å². The van der Waals surface area contributed by atoms with E-state index in [2.05, 4.69) is 53.3 Å². The minimum absolute atomic E-state index is 0.0658. The van der Waals surface area contributed by atoms with E-state index < -0.39 is 0 Å². The molecule has 1 aliphatic rings. The summed E-state index contributed by atoms with van der Waals surface area (Å²) in [6.45, 7) is 14.9. The van der Waals surface area contributed by atoms with E-state index in [0.29, 0.717) is 5.92 Å². The maximum atomic E-state index is 10.6. The van der Waals surface area contributed by atoms with Gasteiger partial charge in [0.2, 0.25) is 0 Å². The van der Waals surface area contributed by atoms with Crippen LogP contribution in [0.1, 0.15) is 50.3 Å². The molecule has 0 aromatic heterocycles. The Balaban J connectivity index is 2.39. The molecule has 0 spiro atoms. The predicted molar refractivity (Wildman–Crippen MR) is 102 cm³/mol. The van der Waals surface area contributed by atoms with Crippen LogP contribution in [0, 0.1) is 25.2 Å². The van der Waals surface area contributed by atoms with Crippen molar-refractivity contribution in [3.05, 3.63) is 52.6 Å². The van der Waals surface area contributed by atoms with Crippen LogP contribution >= 0.6 is 0 Å². The molecule has 0 saturated heterocycles. The van der Waals surface area contributed by atoms with E-state index in [0.717, 1.165) is 30.6 Å². The van der Waals surface area contributed by atoms with Crippen LogP contribution in [0.5, 0.6) is 5.75 Å². The Kier molecular flexibility index (Phi) is 5.59. The van der Waals surface area contributed by atoms with Gasteiger partial charge in [-0.15, -0.1) is 6.58 Å². The molecule has 0 saturated carbocycles. The summed E-state index contributed by atoms with van der Waals surface area (Å²) in [6, 6.07) is 4.22. The smallest absolute Gasteiger partial charge is 0.119 e. The molecular weight excluding hydrogens is 296 g/mol. The number of allylic oxidation sites excluding steroid dienone is 2. The lowest BCUT2D eigenvalue weighted by Gasteiger charge is -2.44. The Hall–Kier alpha value is -1.54. The molecule has 0 bridgehead atoms. The normalized spacial score (nSPS) is 23.3. The number of aliphatic hydroxyl groups excluding tert-OH is 1. The molecule has 24 heavy (non-hydrogen) atoms. The highest BCUT2D eigenvalue weighted by Gasteiger charge is 2.40. The Morgan fingerprint density at radius 3 is 2.33 bits per heavy atom. The summed E-state index contributed by atoms with van der Waals surface area (Å²) in [5, 5.41) is 10.6. The summed E-state index contributed by atoms with van der Waals surface area (Å²) in [5.41, 5.74) is 6.49.